The summed E-state index contributed by atoms with van der Waals surface area (Å²) >= 11 is 0. The van der Waals surface area contributed by atoms with Gasteiger partial charge in [-0.15, -0.1) is 0 Å². The first-order valence-electron chi connectivity index (χ1n) is 4.62. The highest BCUT2D eigenvalue weighted by Crippen LogP contribution is 2.19. The van der Waals surface area contributed by atoms with Gasteiger partial charge in [0.25, 0.3) is 0 Å². The summed E-state index contributed by atoms with van der Waals surface area (Å²) in [7, 11) is 0. The lowest BCUT2D eigenvalue weighted by Crippen LogP contribution is -2.41. The van der Waals surface area contributed by atoms with Crippen molar-refractivity contribution in [3.05, 3.63) is 0 Å². The van der Waals surface area contributed by atoms with Crippen LogP contribution in [0.2, 0.25) is 0 Å². The average molecular weight is 170 g/mol. The Labute approximate surface area is 73.9 Å². The van der Waals surface area contributed by atoms with Crippen LogP contribution in [0.4, 0.5) is 0 Å². The van der Waals surface area contributed by atoms with Crippen LogP contribution in [0.15, 0.2) is 0 Å². The van der Waals surface area contributed by atoms with Crippen LogP contribution in [-0.2, 0) is 4.79 Å². The molecule has 0 aromatic rings. The van der Waals surface area contributed by atoms with Crippen LogP contribution in [0.25, 0.3) is 0 Å². The predicted octanol–water partition coefficient (Wildman–Crippen LogP) is 0.592. The Morgan fingerprint density at radius 2 is 2.00 bits per heavy atom. The number of nitrogens with zero attached hydrogens (tertiary/aromatic N) is 1. The Morgan fingerprint density at radius 3 is 2.33 bits per heavy atom. The van der Waals surface area contributed by atoms with E-state index in [1.54, 1.807) is 6.92 Å². The monoisotopic (exact) mass is 170 g/mol. The molecule has 1 fully saturated rings. The summed E-state index contributed by atoms with van der Waals surface area (Å²) in [5.74, 6) is 0.804. The first-order valence-corrected chi connectivity index (χ1v) is 4.62. The van der Waals surface area contributed by atoms with Crippen LogP contribution in [-0.4, -0.2) is 29.9 Å². The second kappa shape index (κ2) is 3.90. The first-order chi connectivity index (χ1) is 5.61. The number of likely N-dealkylation sites (tertiary alicyclic amines) is 1. The van der Waals surface area contributed by atoms with Crippen LogP contribution >= 0.6 is 0 Å². The maximum atomic E-state index is 11.0. The van der Waals surface area contributed by atoms with E-state index in [0.717, 1.165) is 25.9 Å². The molecule has 0 aliphatic carbocycles. The molecule has 1 aliphatic rings. The number of nitrogens with two attached hydrogens (primary N) is 1. The Morgan fingerprint density at radius 1 is 1.50 bits per heavy atom. The van der Waals surface area contributed by atoms with Crippen molar-refractivity contribution < 1.29 is 4.79 Å². The highest BCUT2D eigenvalue weighted by atomic mass is 16.2. The summed E-state index contributed by atoms with van der Waals surface area (Å²) in [6.45, 7) is 5.46. The molecule has 70 valence electrons. The Kier molecular flexibility index (Phi) is 3.09. The number of carbonyl (C=O) groups is 1. The molecule has 0 bridgehead atoms. The molecule has 12 heavy (non-hydrogen) atoms. The molecule has 2 N–H and O–H groups in total. The number of hydrogen-bond acceptors (Lipinski definition) is 2. The minimum atomic E-state index is 0.193. The Bertz CT molecular complexity index is 160. The van der Waals surface area contributed by atoms with Gasteiger partial charge in [0.2, 0.25) is 5.91 Å². The molecule has 1 aliphatic heterocycles. The minimum absolute atomic E-state index is 0.193. The summed E-state index contributed by atoms with van der Waals surface area (Å²) in [5.41, 5.74) is 5.79. The van der Waals surface area contributed by atoms with Crippen molar-refractivity contribution in [3.8, 4) is 0 Å². The maximum Gasteiger partial charge on any atom is 0.219 e. The normalized spacial score (nSPS) is 22.4. The van der Waals surface area contributed by atoms with Crippen molar-refractivity contribution >= 4 is 5.91 Å². The van der Waals surface area contributed by atoms with Crippen molar-refractivity contribution in [2.24, 2.45) is 11.7 Å². The smallest absolute Gasteiger partial charge is 0.219 e. The third-order valence-electron chi connectivity index (χ3n) is 2.73. The number of carbonyl (C=O) groups excluding carboxylic acids is 1. The van der Waals surface area contributed by atoms with E-state index < -0.39 is 0 Å². The van der Waals surface area contributed by atoms with Gasteiger partial charge in [0.1, 0.15) is 0 Å². The largest absolute Gasteiger partial charge is 0.343 e. The molecule has 0 spiro atoms. The van der Waals surface area contributed by atoms with Crippen LogP contribution in [0.3, 0.4) is 0 Å². The number of rotatable bonds is 1. The standard InChI is InChI=1S/C9H18N2O/c1-7(10)9-3-5-11(6-4-9)8(2)12/h7,9H,3-6,10H2,1-2H3/t7-/m0/s1. The second-order valence-corrected chi connectivity index (χ2v) is 3.70. The van der Waals surface area contributed by atoms with Crippen molar-refractivity contribution in [3.63, 3.8) is 0 Å². The van der Waals surface area contributed by atoms with Crippen molar-refractivity contribution in [1.82, 2.24) is 4.90 Å². The van der Waals surface area contributed by atoms with E-state index in [-0.39, 0.29) is 11.9 Å². The van der Waals surface area contributed by atoms with Gasteiger partial charge in [0.05, 0.1) is 0 Å². The molecule has 0 unspecified atom stereocenters. The van der Waals surface area contributed by atoms with E-state index in [2.05, 4.69) is 0 Å². The molecule has 1 amide bonds. The SMILES string of the molecule is CC(=O)N1CCC([C@H](C)N)CC1. The van der Waals surface area contributed by atoms with Gasteiger partial charge < -0.3 is 10.6 Å². The van der Waals surface area contributed by atoms with E-state index in [1.165, 1.54) is 0 Å². The molecule has 3 nitrogen and oxygen atoms in total. The topological polar surface area (TPSA) is 46.3 Å². The molecule has 1 rings (SSSR count). The van der Waals surface area contributed by atoms with Crippen LogP contribution in [0, 0.1) is 5.92 Å². The maximum absolute atomic E-state index is 11.0. The fourth-order valence-corrected chi connectivity index (χ4v) is 1.74. The molecule has 3 heteroatoms. The lowest BCUT2D eigenvalue weighted by atomic mass is 9.91. The summed E-state index contributed by atoms with van der Waals surface area (Å²) in [4.78, 5) is 12.9. The average Bonchev–Trinajstić information content (AvgIpc) is 2.04. The van der Waals surface area contributed by atoms with Crippen LogP contribution in [0.5, 0.6) is 0 Å². The number of hydrogen-bond donors (Lipinski definition) is 1. The summed E-state index contributed by atoms with van der Waals surface area (Å²) in [5, 5.41) is 0. The highest BCUT2D eigenvalue weighted by Gasteiger charge is 2.22. The molecule has 1 heterocycles. The molecular formula is C9H18N2O. The Balaban J connectivity index is 2.34. The fourth-order valence-electron chi connectivity index (χ4n) is 1.74. The van der Waals surface area contributed by atoms with Gasteiger partial charge in [-0.05, 0) is 25.7 Å². The molecule has 1 saturated heterocycles. The minimum Gasteiger partial charge on any atom is -0.343 e. The van der Waals surface area contributed by atoms with Crippen molar-refractivity contribution in [2.45, 2.75) is 32.7 Å². The van der Waals surface area contributed by atoms with Gasteiger partial charge in [0.15, 0.2) is 0 Å². The summed E-state index contributed by atoms with van der Waals surface area (Å²) in [6.07, 6.45) is 2.13. The van der Waals surface area contributed by atoms with Gasteiger partial charge in [0, 0.05) is 26.1 Å². The Hall–Kier alpha value is -0.570. The fraction of sp³-hybridized carbons (Fsp3) is 0.889. The number of amides is 1. The molecular weight excluding hydrogens is 152 g/mol. The van der Waals surface area contributed by atoms with E-state index in [1.807, 2.05) is 11.8 Å². The lowest BCUT2D eigenvalue weighted by Gasteiger charge is -2.33. The summed E-state index contributed by atoms with van der Waals surface area (Å²) in [6, 6.07) is 0.277. The third kappa shape index (κ3) is 2.21. The van der Waals surface area contributed by atoms with E-state index in [9.17, 15) is 4.79 Å². The quantitative estimate of drug-likeness (QED) is 0.626. The first kappa shape index (κ1) is 9.52. The van der Waals surface area contributed by atoms with E-state index >= 15 is 0 Å². The van der Waals surface area contributed by atoms with Gasteiger partial charge in [-0.3, -0.25) is 4.79 Å². The van der Waals surface area contributed by atoms with Crippen LogP contribution in [0.1, 0.15) is 26.7 Å². The van der Waals surface area contributed by atoms with Gasteiger partial charge >= 0.3 is 0 Å². The molecule has 0 aromatic carbocycles. The molecule has 1 atom stereocenters. The molecule has 0 saturated carbocycles. The van der Waals surface area contributed by atoms with Gasteiger partial charge in [-0.1, -0.05) is 0 Å². The van der Waals surface area contributed by atoms with Crippen molar-refractivity contribution in [2.75, 3.05) is 13.1 Å². The lowest BCUT2D eigenvalue weighted by molar-refractivity contribution is -0.130. The number of piperidine rings is 1. The molecule has 0 radical (unpaired) electrons. The molecule has 0 aromatic heterocycles. The predicted molar refractivity (Wildman–Crippen MR) is 48.6 cm³/mol. The zero-order valence-electron chi connectivity index (χ0n) is 7.92. The zero-order valence-corrected chi connectivity index (χ0v) is 7.92. The van der Waals surface area contributed by atoms with E-state index in [4.69, 9.17) is 5.73 Å². The third-order valence-corrected chi connectivity index (χ3v) is 2.73. The second-order valence-electron chi connectivity index (χ2n) is 3.70. The van der Waals surface area contributed by atoms with Crippen molar-refractivity contribution in [1.29, 1.82) is 0 Å². The summed E-state index contributed by atoms with van der Waals surface area (Å²) < 4.78 is 0. The zero-order chi connectivity index (χ0) is 9.14. The van der Waals surface area contributed by atoms with Gasteiger partial charge in [-0.25, -0.2) is 0 Å². The van der Waals surface area contributed by atoms with Gasteiger partial charge in [-0.2, -0.15) is 0 Å². The highest BCUT2D eigenvalue weighted by molar-refractivity contribution is 5.73. The van der Waals surface area contributed by atoms with E-state index in [0.29, 0.717) is 5.92 Å². The van der Waals surface area contributed by atoms with Crippen LogP contribution < -0.4 is 5.73 Å².